The average molecular weight is 424 g/mol. The molecule has 0 aliphatic heterocycles. The molecule has 0 saturated heterocycles. The second-order valence-electron chi connectivity index (χ2n) is 5.42. The first-order chi connectivity index (χ1) is 13.0. The molecular formula is C17H15Cl2N5O2S. The van der Waals surface area contributed by atoms with E-state index in [1.54, 1.807) is 24.9 Å². The second kappa shape index (κ2) is 8.60. The molecule has 1 aromatic carbocycles. The van der Waals surface area contributed by atoms with Gasteiger partial charge in [-0.2, -0.15) is 0 Å². The number of thioether (sulfide) groups is 1. The predicted octanol–water partition coefficient (Wildman–Crippen LogP) is 4.10. The van der Waals surface area contributed by atoms with Crippen LogP contribution >= 0.6 is 35.0 Å². The summed E-state index contributed by atoms with van der Waals surface area (Å²) in [7, 11) is 1.60. The smallest absolute Gasteiger partial charge is 0.238 e. The van der Waals surface area contributed by atoms with Gasteiger partial charge in [0, 0.05) is 12.3 Å². The maximum Gasteiger partial charge on any atom is 0.238 e. The lowest BCUT2D eigenvalue weighted by atomic mass is 10.3. The molecule has 1 unspecified atom stereocenters. The number of methoxy groups -OCH3 is 1. The summed E-state index contributed by atoms with van der Waals surface area (Å²) < 4.78 is 7.03. The van der Waals surface area contributed by atoms with Gasteiger partial charge in [-0.05, 0) is 25.1 Å². The molecule has 0 radical (unpaired) electrons. The molecule has 0 aliphatic carbocycles. The number of hydrogen-bond donors (Lipinski definition) is 1. The van der Waals surface area contributed by atoms with Gasteiger partial charge in [-0.1, -0.05) is 41.0 Å². The summed E-state index contributed by atoms with van der Waals surface area (Å²) >= 11 is 13.1. The number of amides is 1. The van der Waals surface area contributed by atoms with Crippen LogP contribution in [-0.4, -0.2) is 38.0 Å². The number of carbonyl (C=O) groups excluding carboxylic acids is 1. The van der Waals surface area contributed by atoms with E-state index in [9.17, 15) is 4.79 Å². The third-order valence-electron chi connectivity index (χ3n) is 3.55. The SMILES string of the molecule is COc1cccc(-n2cnnc2SC(C)C(=O)Nc2ncc(Cl)cc2Cl)c1. The highest BCUT2D eigenvalue weighted by Crippen LogP contribution is 2.27. The number of ether oxygens (including phenoxy) is 1. The van der Waals surface area contributed by atoms with Crippen LogP contribution in [0.4, 0.5) is 5.82 Å². The number of anilines is 1. The number of hydrogen-bond acceptors (Lipinski definition) is 6. The summed E-state index contributed by atoms with van der Waals surface area (Å²) in [5.74, 6) is 0.705. The van der Waals surface area contributed by atoms with Crippen molar-refractivity contribution in [1.29, 1.82) is 0 Å². The molecule has 0 spiro atoms. The zero-order chi connectivity index (χ0) is 19.4. The van der Waals surface area contributed by atoms with E-state index in [1.807, 2.05) is 24.3 Å². The minimum absolute atomic E-state index is 0.257. The van der Waals surface area contributed by atoms with Gasteiger partial charge in [0.2, 0.25) is 5.91 Å². The minimum atomic E-state index is -0.466. The standard InChI is InChI=1S/C17H15Cl2N5O2S/c1-10(16(25)22-15-14(19)6-11(18)8-20-15)27-17-23-21-9-24(17)12-4-3-5-13(7-12)26-2/h3-10H,1-2H3,(H,20,22,25). The Hall–Kier alpha value is -2.29. The van der Waals surface area contributed by atoms with Crippen LogP contribution < -0.4 is 10.1 Å². The van der Waals surface area contributed by atoms with Gasteiger partial charge in [0.1, 0.15) is 12.1 Å². The van der Waals surface area contributed by atoms with Crippen LogP contribution in [0, 0.1) is 0 Å². The van der Waals surface area contributed by atoms with Crippen molar-refractivity contribution in [1.82, 2.24) is 19.7 Å². The number of aromatic nitrogens is 4. The van der Waals surface area contributed by atoms with Gasteiger partial charge in [-0.15, -0.1) is 10.2 Å². The van der Waals surface area contributed by atoms with E-state index in [-0.39, 0.29) is 16.7 Å². The van der Waals surface area contributed by atoms with Gasteiger partial charge < -0.3 is 10.1 Å². The largest absolute Gasteiger partial charge is 0.497 e. The monoisotopic (exact) mass is 423 g/mol. The van der Waals surface area contributed by atoms with Crippen molar-refractivity contribution >= 4 is 46.7 Å². The molecule has 0 bridgehead atoms. The van der Waals surface area contributed by atoms with E-state index in [1.165, 1.54) is 24.0 Å². The zero-order valence-electron chi connectivity index (χ0n) is 14.4. The lowest BCUT2D eigenvalue weighted by Crippen LogP contribution is -2.23. The van der Waals surface area contributed by atoms with Gasteiger partial charge in [0.15, 0.2) is 11.0 Å². The molecule has 1 atom stereocenters. The number of pyridine rings is 1. The third-order valence-corrected chi connectivity index (χ3v) is 5.10. The highest BCUT2D eigenvalue weighted by Gasteiger charge is 2.20. The Balaban J connectivity index is 1.73. The fraction of sp³-hybridized carbons (Fsp3) is 0.176. The Kier molecular flexibility index (Phi) is 6.20. The summed E-state index contributed by atoms with van der Waals surface area (Å²) in [4.78, 5) is 16.5. The normalized spacial score (nSPS) is 11.9. The maximum absolute atomic E-state index is 12.5. The van der Waals surface area contributed by atoms with Crippen LogP contribution in [0.2, 0.25) is 10.0 Å². The van der Waals surface area contributed by atoms with Crippen LogP contribution in [0.25, 0.3) is 5.69 Å². The number of halogens is 2. The van der Waals surface area contributed by atoms with Gasteiger partial charge >= 0.3 is 0 Å². The van der Waals surface area contributed by atoms with E-state index in [2.05, 4.69) is 20.5 Å². The highest BCUT2D eigenvalue weighted by atomic mass is 35.5. The molecule has 10 heteroatoms. The van der Waals surface area contributed by atoms with E-state index < -0.39 is 5.25 Å². The van der Waals surface area contributed by atoms with Crippen molar-refractivity contribution in [3.63, 3.8) is 0 Å². The van der Waals surface area contributed by atoms with Gasteiger partial charge in [0.25, 0.3) is 0 Å². The lowest BCUT2D eigenvalue weighted by Gasteiger charge is -2.13. The molecule has 3 aromatic rings. The van der Waals surface area contributed by atoms with Crippen LogP contribution in [0.5, 0.6) is 5.75 Å². The van der Waals surface area contributed by atoms with Gasteiger partial charge in [-0.25, -0.2) is 4.98 Å². The molecule has 7 nitrogen and oxygen atoms in total. The molecule has 27 heavy (non-hydrogen) atoms. The summed E-state index contributed by atoms with van der Waals surface area (Å²) in [5, 5.41) is 11.5. The first kappa shape index (κ1) is 19.5. The molecule has 3 rings (SSSR count). The van der Waals surface area contributed by atoms with Crippen molar-refractivity contribution in [2.24, 2.45) is 0 Å². The lowest BCUT2D eigenvalue weighted by molar-refractivity contribution is -0.115. The average Bonchev–Trinajstić information content (AvgIpc) is 3.12. The molecule has 140 valence electrons. The molecule has 0 saturated carbocycles. The second-order valence-corrected chi connectivity index (χ2v) is 7.57. The predicted molar refractivity (Wildman–Crippen MR) is 106 cm³/mol. The van der Waals surface area contributed by atoms with Crippen molar-refractivity contribution in [2.75, 3.05) is 12.4 Å². The summed E-state index contributed by atoms with van der Waals surface area (Å²) in [6, 6.07) is 8.99. The van der Waals surface area contributed by atoms with E-state index in [4.69, 9.17) is 27.9 Å². The Morgan fingerprint density at radius 3 is 2.89 bits per heavy atom. The fourth-order valence-electron chi connectivity index (χ4n) is 2.18. The first-order valence-corrected chi connectivity index (χ1v) is 9.44. The van der Waals surface area contributed by atoms with Crippen LogP contribution in [0.1, 0.15) is 6.92 Å². The molecular weight excluding hydrogens is 409 g/mol. The highest BCUT2D eigenvalue weighted by molar-refractivity contribution is 8.00. The third kappa shape index (κ3) is 4.71. The quantitative estimate of drug-likeness (QED) is 0.600. The molecule has 2 aromatic heterocycles. The van der Waals surface area contributed by atoms with Crippen molar-refractivity contribution in [3.05, 3.63) is 52.9 Å². The molecule has 0 aliphatic rings. The summed E-state index contributed by atoms with van der Waals surface area (Å²) in [5.41, 5.74) is 0.830. The van der Waals surface area contributed by atoms with E-state index in [0.717, 1.165) is 5.69 Å². The first-order valence-electron chi connectivity index (χ1n) is 7.81. The molecule has 2 heterocycles. The van der Waals surface area contributed by atoms with E-state index >= 15 is 0 Å². The Morgan fingerprint density at radius 2 is 2.15 bits per heavy atom. The Bertz CT molecular complexity index is 966. The topological polar surface area (TPSA) is 81.9 Å². The van der Waals surface area contributed by atoms with Crippen molar-refractivity contribution in [2.45, 2.75) is 17.3 Å². The molecule has 1 amide bonds. The summed E-state index contributed by atoms with van der Waals surface area (Å²) in [6.45, 7) is 1.76. The van der Waals surface area contributed by atoms with Crippen LogP contribution in [0.3, 0.4) is 0 Å². The number of carbonyl (C=O) groups is 1. The zero-order valence-corrected chi connectivity index (χ0v) is 16.7. The number of nitrogens with zero attached hydrogens (tertiary/aromatic N) is 4. The number of nitrogens with one attached hydrogen (secondary N) is 1. The number of benzene rings is 1. The summed E-state index contributed by atoms with van der Waals surface area (Å²) in [6.07, 6.45) is 3.00. The minimum Gasteiger partial charge on any atom is -0.497 e. The Labute approximate surface area is 170 Å². The molecule has 1 N–H and O–H groups in total. The van der Waals surface area contributed by atoms with Gasteiger partial charge in [-0.3, -0.25) is 9.36 Å². The van der Waals surface area contributed by atoms with Crippen LogP contribution in [-0.2, 0) is 4.79 Å². The van der Waals surface area contributed by atoms with Crippen LogP contribution in [0.15, 0.2) is 48.0 Å². The van der Waals surface area contributed by atoms with Gasteiger partial charge in [0.05, 0.1) is 28.1 Å². The van der Waals surface area contributed by atoms with Crippen molar-refractivity contribution in [3.8, 4) is 11.4 Å². The number of rotatable bonds is 6. The van der Waals surface area contributed by atoms with E-state index in [0.29, 0.717) is 15.9 Å². The Morgan fingerprint density at radius 1 is 1.33 bits per heavy atom. The fourth-order valence-corrected chi connectivity index (χ4v) is 3.45. The molecule has 0 fully saturated rings. The maximum atomic E-state index is 12.5. The van der Waals surface area contributed by atoms with Crippen molar-refractivity contribution < 1.29 is 9.53 Å².